The number of benzene rings is 1. The standard InChI is InChI=1S/C13H19N3O2/c14-11-4-2-1-3-10(11)5-6-16-7-8-18-9-12(16)13(15)17/h1-4,12H,5-9,14H2,(H2,15,17). The fourth-order valence-electron chi connectivity index (χ4n) is 2.19. The summed E-state index contributed by atoms with van der Waals surface area (Å²) in [6.45, 7) is 2.54. The Morgan fingerprint density at radius 1 is 1.44 bits per heavy atom. The number of nitrogens with zero attached hydrogens (tertiary/aromatic N) is 1. The van der Waals surface area contributed by atoms with Crippen LogP contribution in [0.25, 0.3) is 0 Å². The Labute approximate surface area is 107 Å². The second-order valence-electron chi connectivity index (χ2n) is 4.48. The molecule has 0 aromatic heterocycles. The van der Waals surface area contributed by atoms with Crippen LogP contribution in [0.1, 0.15) is 5.56 Å². The van der Waals surface area contributed by atoms with Crippen LogP contribution in [0.4, 0.5) is 5.69 Å². The van der Waals surface area contributed by atoms with Gasteiger partial charge in [0.1, 0.15) is 6.04 Å². The normalized spacial score (nSPS) is 20.8. The van der Waals surface area contributed by atoms with Crippen LogP contribution in [0.2, 0.25) is 0 Å². The molecule has 0 bridgehead atoms. The lowest BCUT2D eigenvalue weighted by Crippen LogP contribution is -2.52. The number of rotatable bonds is 4. The number of carbonyl (C=O) groups is 1. The topological polar surface area (TPSA) is 81.6 Å². The van der Waals surface area contributed by atoms with Crippen molar-refractivity contribution in [2.75, 3.05) is 32.0 Å². The van der Waals surface area contributed by atoms with Crippen molar-refractivity contribution in [1.82, 2.24) is 4.90 Å². The molecular formula is C13H19N3O2. The third-order valence-corrected chi connectivity index (χ3v) is 3.29. The van der Waals surface area contributed by atoms with E-state index in [0.29, 0.717) is 13.2 Å². The number of carbonyl (C=O) groups excluding carboxylic acids is 1. The molecule has 0 saturated carbocycles. The molecule has 5 heteroatoms. The van der Waals surface area contributed by atoms with Gasteiger partial charge in [0, 0.05) is 18.8 Å². The second-order valence-corrected chi connectivity index (χ2v) is 4.48. The minimum atomic E-state index is -0.323. The molecule has 1 saturated heterocycles. The molecule has 1 fully saturated rings. The van der Waals surface area contributed by atoms with Crippen LogP contribution in [0.5, 0.6) is 0 Å². The third-order valence-electron chi connectivity index (χ3n) is 3.29. The fraction of sp³-hybridized carbons (Fsp3) is 0.462. The highest BCUT2D eigenvalue weighted by Crippen LogP contribution is 2.13. The number of primary amides is 1. The third kappa shape index (κ3) is 3.00. The number of ether oxygens (including phenoxy) is 1. The van der Waals surface area contributed by atoms with Gasteiger partial charge in [0.25, 0.3) is 0 Å². The first-order chi connectivity index (χ1) is 8.68. The van der Waals surface area contributed by atoms with Crippen LogP contribution in [0.15, 0.2) is 24.3 Å². The summed E-state index contributed by atoms with van der Waals surface area (Å²) in [5, 5.41) is 0. The Morgan fingerprint density at radius 3 is 2.94 bits per heavy atom. The van der Waals surface area contributed by atoms with Gasteiger partial charge in [-0.3, -0.25) is 9.69 Å². The van der Waals surface area contributed by atoms with Crippen LogP contribution < -0.4 is 11.5 Å². The van der Waals surface area contributed by atoms with Crippen molar-refractivity contribution in [3.05, 3.63) is 29.8 Å². The highest BCUT2D eigenvalue weighted by molar-refractivity contribution is 5.80. The van der Waals surface area contributed by atoms with E-state index in [4.69, 9.17) is 16.2 Å². The van der Waals surface area contributed by atoms with Crippen LogP contribution in [0, 0.1) is 0 Å². The first-order valence-corrected chi connectivity index (χ1v) is 6.13. The number of morpholine rings is 1. The summed E-state index contributed by atoms with van der Waals surface area (Å²) in [6, 6.07) is 7.47. The van der Waals surface area contributed by atoms with E-state index in [0.717, 1.165) is 30.8 Å². The van der Waals surface area contributed by atoms with Crippen molar-refractivity contribution in [2.45, 2.75) is 12.5 Å². The van der Waals surface area contributed by atoms with E-state index in [1.807, 2.05) is 24.3 Å². The summed E-state index contributed by atoms with van der Waals surface area (Å²) in [7, 11) is 0. The molecule has 1 amide bonds. The molecule has 1 aromatic rings. The average molecular weight is 249 g/mol. The van der Waals surface area contributed by atoms with Crippen molar-refractivity contribution >= 4 is 11.6 Å². The fourth-order valence-corrected chi connectivity index (χ4v) is 2.19. The molecule has 98 valence electrons. The Kier molecular flexibility index (Phi) is 4.17. The molecule has 1 unspecified atom stereocenters. The van der Waals surface area contributed by atoms with Crippen LogP contribution >= 0.6 is 0 Å². The van der Waals surface area contributed by atoms with Gasteiger partial charge >= 0.3 is 0 Å². The van der Waals surface area contributed by atoms with E-state index in [-0.39, 0.29) is 11.9 Å². The predicted molar refractivity (Wildman–Crippen MR) is 69.9 cm³/mol. The number of anilines is 1. The molecule has 4 N–H and O–H groups in total. The number of hydrogen-bond acceptors (Lipinski definition) is 4. The zero-order valence-electron chi connectivity index (χ0n) is 10.3. The molecule has 1 atom stereocenters. The van der Waals surface area contributed by atoms with Crippen molar-refractivity contribution in [3.8, 4) is 0 Å². The Hall–Kier alpha value is -1.59. The van der Waals surface area contributed by atoms with Crippen LogP contribution in [-0.2, 0) is 16.0 Å². The van der Waals surface area contributed by atoms with Crippen LogP contribution in [0.3, 0.4) is 0 Å². The van der Waals surface area contributed by atoms with E-state index < -0.39 is 0 Å². The highest BCUT2D eigenvalue weighted by Gasteiger charge is 2.27. The number of nitrogens with two attached hydrogens (primary N) is 2. The molecule has 1 aliphatic rings. The largest absolute Gasteiger partial charge is 0.399 e. The molecule has 1 heterocycles. The van der Waals surface area contributed by atoms with Gasteiger partial charge in [-0.05, 0) is 18.1 Å². The first kappa shape index (κ1) is 12.9. The average Bonchev–Trinajstić information content (AvgIpc) is 2.38. The SMILES string of the molecule is NC(=O)C1COCCN1CCc1ccccc1N. The Bertz CT molecular complexity index is 422. The van der Waals surface area contributed by atoms with Crippen molar-refractivity contribution < 1.29 is 9.53 Å². The first-order valence-electron chi connectivity index (χ1n) is 6.13. The van der Waals surface area contributed by atoms with Crippen LogP contribution in [-0.4, -0.2) is 43.2 Å². The van der Waals surface area contributed by atoms with E-state index in [1.54, 1.807) is 0 Å². The summed E-state index contributed by atoms with van der Waals surface area (Å²) in [5.74, 6) is -0.323. The maximum Gasteiger partial charge on any atom is 0.237 e. The van der Waals surface area contributed by atoms with E-state index in [9.17, 15) is 4.79 Å². The maximum atomic E-state index is 11.3. The lowest BCUT2D eigenvalue weighted by atomic mass is 10.1. The zero-order valence-corrected chi connectivity index (χ0v) is 10.3. The number of nitrogen functional groups attached to an aromatic ring is 1. The minimum absolute atomic E-state index is 0.316. The maximum absolute atomic E-state index is 11.3. The molecular weight excluding hydrogens is 230 g/mol. The van der Waals surface area contributed by atoms with Gasteiger partial charge in [-0.1, -0.05) is 18.2 Å². The molecule has 0 spiro atoms. The number of para-hydroxylation sites is 1. The summed E-state index contributed by atoms with van der Waals surface area (Å²) in [5.41, 5.74) is 13.2. The molecule has 2 rings (SSSR count). The minimum Gasteiger partial charge on any atom is -0.399 e. The summed E-state index contributed by atoms with van der Waals surface area (Å²) in [6.07, 6.45) is 0.816. The molecule has 18 heavy (non-hydrogen) atoms. The van der Waals surface area contributed by atoms with Gasteiger partial charge < -0.3 is 16.2 Å². The molecule has 0 aliphatic carbocycles. The smallest absolute Gasteiger partial charge is 0.237 e. The quantitative estimate of drug-likeness (QED) is 0.736. The van der Waals surface area contributed by atoms with E-state index in [2.05, 4.69) is 4.90 Å². The molecule has 0 radical (unpaired) electrons. The Morgan fingerprint density at radius 2 is 2.22 bits per heavy atom. The van der Waals surface area contributed by atoms with Gasteiger partial charge in [0.15, 0.2) is 0 Å². The summed E-state index contributed by atoms with van der Waals surface area (Å²) in [4.78, 5) is 13.4. The summed E-state index contributed by atoms with van der Waals surface area (Å²) < 4.78 is 5.28. The zero-order chi connectivity index (χ0) is 13.0. The Balaban J connectivity index is 1.96. The highest BCUT2D eigenvalue weighted by atomic mass is 16.5. The molecule has 1 aliphatic heterocycles. The number of hydrogen-bond donors (Lipinski definition) is 2. The van der Waals surface area contributed by atoms with Gasteiger partial charge in [0.05, 0.1) is 13.2 Å². The lowest BCUT2D eigenvalue weighted by molar-refractivity contribution is -0.129. The van der Waals surface area contributed by atoms with Gasteiger partial charge in [-0.15, -0.1) is 0 Å². The van der Waals surface area contributed by atoms with E-state index >= 15 is 0 Å². The lowest BCUT2D eigenvalue weighted by Gasteiger charge is -2.33. The predicted octanol–water partition coefficient (Wildman–Crippen LogP) is -0.00260. The summed E-state index contributed by atoms with van der Waals surface area (Å²) >= 11 is 0. The van der Waals surface area contributed by atoms with Gasteiger partial charge in [0.2, 0.25) is 5.91 Å². The van der Waals surface area contributed by atoms with Crippen molar-refractivity contribution in [2.24, 2.45) is 5.73 Å². The van der Waals surface area contributed by atoms with E-state index in [1.165, 1.54) is 0 Å². The monoisotopic (exact) mass is 249 g/mol. The van der Waals surface area contributed by atoms with Gasteiger partial charge in [-0.25, -0.2) is 0 Å². The molecule has 5 nitrogen and oxygen atoms in total. The van der Waals surface area contributed by atoms with Crippen molar-refractivity contribution in [1.29, 1.82) is 0 Å². The second kappa shape index (κ2) is 5.84. The van der Waals surface area contributed by atoms with Crippen molar-refractivity contribution in [3.63, 3.8) is 0 Å². The molecule has 1 aromatic carbocycles. The number of amides is 1. The van der Waals surface area contributed by atoms with Gasteiger partial charge in [-0.2, -0.15) is 0 Å².